The van der Waals surface area contributed by atoms with Crippen molar-refractivity contribution in [3.05, 3.63) is 86.6 Å². The molecule has 8 nitrogen and oxygen atoms in total. The number of nitrogens with one attached hydrogen (secondary N) is 1. The van der Waals surface area contributed by atoms with Crippen LogP contribution in [-0.2, 0) is 12.7 Å². The SMILES string of the molecule is O=C(c1c[nH]c(=O)n(Cc2ccco2)c1=O)N1CCN(c2cccc(C(F)(F)F)c2)CC1. The molecule has 1 aliphatic heterocycles. The van der Waals surface area contributed by atoms with Gasteiger partial charge in [0.15, 0.2) is 0 Å². The van der Waals surface area contributed by atoms with Crippen molar-refractivity contribution in [2.75, 3.05) is 31.1 Å². The summed E-state index contributed by atoms with van der Waals surface area (Å²) < 4.78 is 45.0. The molecule has 0 aliphatic carbocycles. The maximum atomic E-state index is 13.0. The first kappa shape index (κ1) is 21.5. The molecule has 168 valence electrons. The molecule has 0 atom stereocenters. The van der Waals surface area contributed by atoms with Crippen LogP contribution in [0.3, 0.4) is 0 Å². The van der Waals surface area contributed by atoms with Crippen LogP contribution in [0.4, 0.5) is 18.9 Å². The van der Waals surface area contributed by atoms with Gasteiger partial charge in [-0.3, -0.25) is 14.2 Å². The second-order valence-electron chi connectivity index (χ2n) is 7.31. The highest BCUT2D eigenvalue weighted by molar-refractivity contribution is 5.93. The molecular weight excluding hydrogens is 429 g/mol. The lowest BCUT2D eigenvalue weighted by Gasteiger charge is -2.36. The molecule has 0 radical (unpaired) electrons. The third-order valence-corrected chi connectivity index (χ3v) is 5.29. The van der Waals surface area contributed by atoms with E-state index in [0.717, 1.165) is 22.9 Å². The number of alkyl halides is 3. The third-order valence-electron chi connectivity index (χ3n) is 5.29. The maximum absolute atomic E-state index is 13.0. The fraction of sp³-hybridized carbons (Fsp3) is 0.286. The van der Waals surface area contributed by atoms with Gasteiger partial charge in [-0.15, -0.1) is 0 Å². The van der Waals surface area contributed by atoms with Crippen molar-refractivity contribution < 1.29 is 22.4 Å². The average Bonchev–Trinajstić information content (AvgIpc) is 3.29. The number of piperazine rings is 1. The average molecular weight is 448 g/mol. The number of hydrogen-bond acceptors (Lipinski definition) is 5. The lowest BCUT2D eigenvalue weighted by atomic mass is 10.1. The molecule has 1 fully saturated rings. The number of nitrogens with zero attached hydrogens (tertiary/aromatic N) is 3. The van der Waals surface area contributed by atoms with E-state index >= 15 is 0 Å². The third kappa shape index (κ3) is 4.32. The van der Waals surface area contributed by atoms with Crippen molar-refractivity contribution in [3.8, 4) is 0 Å². The first-order chi connectivity index (χ1) is 15.2. The van der Waals surface area contributed by atoms with Gasteiger partial charge in [0.05, 0.1) is 18.4 Å². The Morgan fingerprint density at radius 1 is 1.06 bits per heavy atom. The summed E-state index contributed by atoms with van der Waals surface area (Å²) in [6.45, 7) is 0.914. The second-order valence-corrected chi connectivity index (χ2v) is 7.31. The zero-order valence-corrected chi connectivity index (χ0v) is 16.8. The smallest absolute Gasteiger partial charge is 0.416 e. The molecule has 4 rings (SSSR count). The number of amides is 1. The Balaban J connectivity index is 1.48. The first-order valence-electron chi connectivity index (χ1n) is 9.80. The van der Waals surface area contributed by atoms with Crippen LogP contribution in [0, 0.1) is 0 Å². The topological polar surface area (TPSA) is 91.5 Å². The lowest BCUT2D eigenvalue weighted by molar-refractivity contribution is -0.137. The monoisotopic (exact) mass is 448 g/mol. The van der Waals surface area contributed by atoms with Gasteiger partial charge >= 0.3 is 11.9 Å². The Morgan fingerprint density at radius 2 is 1.81 bits per heavy atom. The van der Waals surface area contributed by atoms with Crippen LogP contribution in [0.15, 0.2) is 62.9 Å². The minimum atomic E-state index is -4.44. The normalized spacial score (nSPS) is 14.6. The van der Waals surface area contributed by atoms with Crippen LogP contribution >= 0.6 is 0 Å². The fourth-order valence-electron chi connectivity index (χ4n) is 3.58. The fourth-order valence-corrected chi connectivity index (χ4v) is 3.58. The largest absolute Gasteiger partial charge is 0.467 e. The summed E-state index contributed by atoms with van der Waals surface area (Å²) in [5.74, 6) is -0.167. The number of benzene rings is 1. The molecule has 32 heavy (non-hydrogen) atoms. The quantitative estimate of drug-likeness (QED) is 0.661. The maximum Gasteiger partial charge on any atom is 0.416 e. The Hall–Kier alpha value is -3.76. The van der Waals surface area contributed by atoms with E-state index in [-0.39, 0.29) is 25.2 Å². The van der Waals surface area contributed by atoms with Crippen LogP contribution in [-0.4, -0.2) is 46.5 Å². The minimum absolute atomic E-state index is 0.119. The summed E-state index contributed by atoms with van der Waals surface area (Å²) >= 11 is 0. The lowest BCUT2D eigenvalue weighted by Crippen LogP contribution is -2.50. The summed E-state index contributed by atoms with van der Waals surface area (Å²) in [6, 6.07) is 8.24. The van der Waals surface area contributed by atoms with Crippen molar-refractivity contribution in [1.82, 2.24) is 14.5 Å². The Labute approximate surface area is 179 Å². The van der Waals surface area contributed by atoms with Crippen molar-refractivity contribution in [2.24, 2.45) is 0 Å². The van der Waals surface area contributed by atoms with Gasteiger partial charge in [-0.2, -0.15) is 13.2 Å². The minimum Gasteiger partial charge on any atom is -0.467 e. The molecule has 0 saturated carbocycles. The summed E-state index contributed by atoms with van der Waals surface area (Å²) in [7, 11) is 0. The van der Waals surface area contributed by atoms with Crippen LogP contribution in [0.1, 0.15) is 21.7 Å². The number of carbonyl (C=O) groups excluding carboxylic acids is 1. The molecule has 0 spiro atoms. The number of anilines is 1. The van der Waals surface area contributed by atoms with E-state index in [1.54, 1.807) is 23.1 Å². The molecule has 1 aliphatic rings. The van der Waals surface area contributed by atoms with Gasteiger partial charge in [-0.1, -0.05) is 6.07 Å². The van der Waals surface area contributed by atoms with E-state index < -0.39 is 28.9 Å². The summed E-state index contributed by atoms with van der Waals surface area (Å²) in [5, 5.41) is 0. The number of rotatable bonds is 4. The van der Waals surface area contributed by atoms with E-state index in [2.05, 4.69) is 4.98 Å². The predicted molar refractivity (Wildman–Crippen MR) is 109 cm³/mol. The molecule has 3 aromatic rings. The van der Waals surface area contributed by atoms with E-state index in [9.17, 15) is 27.6 Å². The van der Waals surface area contributed by atoms with E-state index in [1.165, 1.54) is 17.2 Å². The molecular formula is C21H19F3N4O4. The number of carbonyl (C=O) groups is 1. The molecule has 1 saturated heterocycles. The standard InChI is InChI=1S/C21H19F3N4O4/c22-21(23,24)14-3-1-4-15(11-14)26-6-8-27(9-7-26)18(29)17-12-25-20(31)28(19(17)30)13-16-5-2-10-32-16/h1-5,10-12H,6-9,13H2,(H,25,31). The van der Waals surface area contributed by atoms with Crippen LogP contribution in [0.25, 0.3) is 0 Å². The highest BCUT2D eigenvalue weighted by Gasteiger charge is 2.31. The highest BCUT2D eigenvalue weighted by atomic mass is 19.4. The molecule has 0 bridgehead atoms. The second kappa shape index (κ2) is 8.40. The van der Waals surface area contributed by atoms with Gasteiger partial charge in [0.1, 0.15) is 11.3 Å². The number of aromatic nitrogens is 2. The molecule has 1 N–H and O–H groups in total. The number of halogens is 3. The molecule has 1 amide bonds. The number of aromatic amines is 1. The Kier molecular flexibility index (Phi) is 5.64. The number of furan rings is 1. The number of hydrogen-bond donors (Lipinski definition) is 1. The van der Waals surface area contributed by atoms with Gasteiger partial charge in [-0.25, -0.2) is 4.79 Å². The van der Waals surface area contributed by atoms with Crippen LogP contribution < -0.4 is 16.1 Å². The summed E-state index contributed by atoms with van der Waals surface area (Å²) in [6.07, 6.45) is -1.94. The van der Waals surface area contributed by atoms with Crippen molar-refractivity contribution in [2.45, 2.75) is 12.7 Å². The highest BCUT2D eigenvalue weighted by Crippen LogP contribution is 2.31. The molecule has 2 aromatic heterocycles. The van der Waals surface area contributed by atoms with Gasteiger partial charge in [0.2, 0.25) is 0 Å². The van der Waals surface area contributed by atoms with Crippen molar-refractivity contribution >= 4 is 11.6 Å². The van der Waals surface area contributed by atoms with Gasteiger partial charge < -0.3 is 19.2 Å². The summed E-state index contributed by atoms with van der Waals surface area (Å²) in [4.78, 5) is 43.3. The Morgan fingerprint density at radius 3 is 2.47 bits per heavy atom. The van der Waals surface area contributed by atoms with Crippen LogP contribution in [0.5, 0.6) is 0 Å². The first-order valence-corrected chi connectivity index (χ1v) is 9.80. The molecule has 11 heteroatoms. The van der Waals surface area contributed by atoms with Crippen molar-refractivity contribution in [3.63, 3.8) is 0 Å². The van der Waals surface area contributed by atoms with Gasteiger partial charge in [0, 0.05) is 38.1 Å². The Bertz CT molecular complexity index is 1220. The molecule has 0 unspecified atom stereocenters. The van der Waals surface area contributed by atoms with Gasteiger partial charge in [0.25, 0.3) is 11.5 Å². The van der Waals surface area contributed by atoms with Gasteiger partial charge in [-0.05, 0) is 30.3 Å². The van der Waals surface area contributed by atoms with Crippen molar-refractivity contribution in [1.29, 1.82) is 0 Å². The zero-order chi connectivity index (χ0) is 22.9. The molecule has 3 heterocycles. The number of H-pyrrole nitrogens is 1. The van der Waals surface area contributed by atoms with E-state index in [0.29, 0.717) is 24.5 Å². The van der Waals surface area contributed by atoms with E-state index in [4.69, 9.17) is 4.42 Å². The van der Waals surface area contributed by atoms with E-state index in [1.807, 2.05) is 0 Å². The zero-order valence-electron chi connectivity index (χ0n) is 16.8. The predicted octanol–water partition coefficient (Wildman–Crippen LogP) is 2.16. The summed E-state index contributed by atoms with van der Waals surface area (Å²) in [5.41, 5.74) is -1.92. The van der Waals surface area contributed by atoms with Crippen LogP contribution in [0.2, 0.25) is 0 Å². The molecule has 1 aromatic carbocycles.